The molecular weight excluding hydrogens is 474 g/mol. The highest BCUT2D eigenvalue weighted by Gasteiger charge is 2.42. The normalized spacial score (nSPS) is 18.7. The number of carbonyl (C=O) groups is 5. The number of anilines is 2. The van der Waals surface area contributed by atoms with Gasteiger partial charge in [0, 0.05) is 30.8 Å². The summed E-state index contributed by atoms with van der Waals surface area (Å²) < 4.78 is 0. The molecular formula is C24H22ClN5O5. The fourth-order valence-electron chi connectivity index (χ4n) is 3.95. The average Bonchev–Trinajstić information content (AvgIpc) is 3.08. The van der Waals surface area contributed by atoms with Crippen LogP contribution in [0.5, 0.6) is 0 Å². The van der Waals surface area contributed by atoms with Gasteiger partial charge in [-0.05, 0) is 42.2 Å². The summed E-state index contributed by atoms with van der Waals surface area (Å²) in [6.07, 6.45) is 2.98. The first-order valence-corrected chi connectivity index (χ1v) is 11.3. The highest BCUT2D eigenvalue weighted by Crippen LogP contribution is 2.27. The number of imide groups is 2. The zero-order valence-electron chi connectivity index (χ0n) is 18.7. The molecule has 1 aromatic carbocycles. The van der Waals surface area contributed by atoms with Crippen LogP contribution in [0.3, 0.4) is 0 Å². The topological polar surface area (TPSA) is 138 Å². The van der Waals surface area contributed by atoms with Gasteiger partial charge in [-0.1, -0.05) is 30.7 Å². The van der Waals surface area contributed by atoms with E-state index in [0.29, 0.717) is 11.4 Å². The third kappa shape index (κ3) is 5.38. The van der Waals surface area contributed by atoms with Crippen molar-refractivity contribution in [1.29, 1.82) is 0 Å². The van der Waals surface area contributed by atoms with E-state index in [0.717, 1.165) is 16.5 Å². The largest absolute Gasteiger partial charge is 0.351 e. The van der Waals surface area contributed by atoms with Crippen molar-refractivity contribution in [2.75, 3.05) is 10.6 Å². The van der Waals surface area contributed by atoms with Crippen LogP contribution in [0.1, 0.15) is 37.7 Å². The second kappa shape index (κ2) is 10.1. The van der Waals surface area contributed by atoms with E-state index >= 15 is 0 Å². The maximum absolute atomic E-state index is 12.9. The molecule has 2 aliphatic rings. The number of carbonyl (C=O) groups excluding carboxylic acids is 5. The highest BCUT2D eigenvalue weighted by molar-refractivity contribution is 6.32. The second-order valence-electron chi connectivity index (χ2n) is 8.28. The monoisotopic (exact) mass is 495 g/mol. The Morgan fingerprint density at radius 3 is 2.77 bits per heavy atom. The Morgan fingerprint density at radius 2 is 2.03 bits per heavy atom. The number of halogens is 1. The molecule has 0 aliphatic carbocycles. The predicted octanol–water partition coefficient (Wildman–Crippen LogP) is 2.34. The first-order valence-electron chi connectivity index (χ1n) is 10.9. The number of piperidine rings is 1. The summed E-state index contributed by atoms with van der Waals surface area (Å²) in [7, 11) is 0. The zero-order chi connectivity index (χ0) is 25.1. The van der Waals surface area contributed by atoms with Crippen LogP contribution >= 0.6 is 11.6 Å². The lowest BCUT2D eigenvalue weighted by Gasteiger charge is -2.28. The summed E-state index contributed by atoms with van der Waals surface area (Å²) in [4.78, 5) is 66.1. The van der Waals surface area contributed by atoms with Gasteiger partial charge < -0.3 is 10.6 Å². The van der Waals surface area contributed by atoms with Crippen molar-refractivity contribution in [2.24, 2.45) is 0 Å². The van der Waals surface area contributed by atoms with Gasteiger partial charge in [0.1, 0.15) is 11.7 Å². The molecule has 0 saturated carbocycles. The molecule has 2 aliphatic heterocycles. The number of nitrogens with one attached hydrogen (secondary N) is 3. The third-order valence-corrected chi connectivity index (χ3v) is 6.04. The van der Waals surface area contributed by atoms with E-state index in [1.54, 1.807) is 30.3 Å². The third-order valence-electron chi connectivity index (χ3n) is 5.74. The van der Waals surface area contributed by atoms with Crippen LogP contribution in [0.4, 0.5) is 11.4 Å². The molecule has 5 amide bonds. The van der Waals surface area contributed by atoms with Crippen molar-refractivity contribution in [2.45, 2.75) is 38.1 Å². The SMILES string of the molecule is CC(CC(=O)Nc1cccnc1Cl)c1cccc(NC2=CC(=O)N(C3CCC(=O)NC3=O)C2=O)c1. The minimum absolute atomic E-state index is 0.0217. The fourth-order valence-corrected chi connectivity index (χ4v) is 4.12. The summed E-state index contributed by atoms with van der Waals surface area (Å²) in [5.74, 6) is -2.76. The zero-order valence-corrected chi connectivity index (χ0v) is 19.5. The summed E-state index contributed by atoms with van der Waals surface area (Å²) in [5.41, 5.74) is 1.83. The molecule has 11 heteroatoms. The van der Waals surface area contributed by atoms with Crippen molar-refractivity contribution >= 4 is 52.5 Å². The van der Waals surface area contributed by atoms with E-state index in [-0.39, 0.29) is 41.9 Å². The molecule has 4 rings (SSSR count). The van der Waals surface area contributed by atoms with Gasteiger partial charge in [0.15, 0.2) is 5.15 Å². The molecule has 1 saturated heterocycles. The molecule has 0 spiro atoms. The van der Waals surface area contributed by atoms with E-state index in [1.807, 2.05) is 13.0 Å². The van der Waals surface area contributed by atoms with Crippen LogP contribution in [0, 0.1) is 0 Å². The minimum atomic E-state index is -1.03. The first kappa shape index (κ1) is 24.1. The molecule has 10 nitrogen and oxygen atoms in total. The maximum atomic E-state index is 12.9. The number of pyridine rings is 1. The highest BCUT2D eigenvalue weighted by atomic mass is 35.5. The van der Waals surface area contributed by atoms with Crippen LogP contribution in [0.25, 0.3) is 0 Å². The van der Waals surface area contributed by atoms with Crippen molar-refractivity contribution in [3.63, 3.8) is 0 Å². The second-order valence-corrected chi connectivity index (χ2v) is 8.64. The predicted molar refractivity (Wildman–Crippen MR) is 127 cm³/mol. The minimum Gasteiger partial charge on any atom is -0.351 e. The molecule has 180 valence electrons. The molecule has 2 unspecified atom stereocenters. The standard InChI is InChI=1S/C24H22ClN5O5/c1-13(10-20(32)28-16-6-3-9-26-22(16)25)14-4-2-5-15(11-14)27-17-12-21(33)30(24(17)35)18-7-8-19(31)29-23(18)34/h2-6,9,11-13,18,27H,7-8,10H2,1H3,(H,28,32)(H,29,31,34). The molecule has 0 bridgehead atoms. The Hall–Kier alpha value is -4.05. The van der Waals surface area contributed by atoms with Crippen LogP contribution in [-0.2, 0) is 24.0 Å². The number of hydrogen-bond acceptors (Lipinski definition) is 7. The molecule has 3 N–H and O–H groups in total. The van der Waals surface area contributed by atoms with Crippen molar-refractivity contribution in [1.82, 2.24) is 15.2 Å². The Balaban J connectivity index is 1.40. The fraction of sp³-hybridized carbons (Fsp3) is 0.250. The van der Waals surface area contributed by atoms with Gasteiger partial charge in [-0.25, -0.2) is 4.98 Å². The lowest BCUT2D eigenvalue weighted by atomic mass is 9.97. The summed E-state index contributed by atoms with van der Waals surface area (Å²) in [6.45, 7) is 1.89. The van der Waals surface area contributed by atoms with Crippen LogP contribution in [-0.4, -0.2) is 45.5 Å². The Kier molecular flexibility index (Phi) is 6.92. The number of nitrogens with zero attached hydrogens (tertiary/aromatic N) is 2. The van der Waals surface area contributed by atoms with Crippen LogP contribution in [0.15, 0.2) is 54.4 Å². The summed E-state index contributed by atoms with van der Waals surface area (Å²) >= 11 is 5.99. The maximum Gasteiger partial charge on any atom is 0.278 e. The molecule has 35 heavy (non-hydrogen) atoms. The van der Waals surface area contributed by atoms with E-state index in [4.69, 9.17) is 11.6 Å². The van der Waals surface area contributed by atoms with E-state index in [2.05, 4.69) is 20.9 Å². The number of rotatable bonds is 7. The molecule has 0 radical (unpaired) electrons. The van der Waals surface area contributed by atoms with Gasteiger partial charge in [0.25, 0.3) is 11.8 Å². The van der Waals surface area contributed by atoms with Crippen molar-refractivity contribution in [3.05, 3.63) is 65.1 Å². The van der Waals surface area contributed by atoms with E-state index in [9.17, 15) is 24.0 Å². The lowest BCUT2D eigenvalue weighted by molar-refractivity contribution is -0.149. The van der Waals surface area contributed by atoms with Gasteiger partial charge in [0.2, 0.25) is 17.7 Å². The number of benzene rings is 1. The lowest BCUT2D eigenvalue weighted by Crippen LogP contribution is -2.54. The quantitative estimate of drug-likeness (QED) is 0.396. The van der Waals surface area contributed by atoms with Gasteiger partial charge in [-0.15, -0.1) is 0 Å². The average molecular weight is 496 g/mol. The van der Waals surface area contributed by atoms with Gasteiger partial charge in [-0.2, -0.15) is 0 Å². The van der Waals surface area contributed by atoms with Crippen LogP contribution in [0.2, 0.25) is 5.15 Å². The van der Waals surface area contributed by atoms with Gasteiger partial charge in [-0.3, -0.25) is 34.2 Å². The Bertz CT molecular complexity index is 1260. The number of aromatic nitrogens is 1. The molecule has 1 fully saturated rings. The Labute approximate surface area is 205 Å². The Morgan fingerprint density at radius 1 is 1.23 bits per heavy atom. The smallest absolute Gasteiger partial charge is 0.278 e. The van der Waals surface area contributed by atoms with Crippen molar-refractivity contribution < 1.29 is 24.0 Å². The van der Waals surface area contributed by atoms with E-state index < -0.39 is 29.7 Å². The van der Waals surface area contributed by atoms with Crippen molar-refractivity contribution in [3.8, 4) is 0 Å². The first-order chi connectivity index (χ1) is 16.7. The van der Waals surface area contributed by atoms with Crippen LogP contribution < -0.4 is 16.0 Å². The number of hydrogen-bond donors (Lipinski definition) is 3. The summed E-state index contributed by atoms with van der Waals surface area (Å²) in [6, 6.07) is 9.43. The molecule has 2 atom stereocenters. The molecule has 3 heterocycles. The van der Waals surface area contributed by atoms with E-state index in [1.165, 1.54) is 6.20 Å². The molecule has 2 aromatic rings. The van der Waals surface area contributed by atoms with Gasteiger partial charge >= 0.3 is 0 Å². The van der Waals surface area contributed by atoms with Gasteiger partial charge in [0.05, 0.1) is 5.69 Å². The molecule has 1 aromatic heterocycles. The number of amides is 5. The summed E-state index contributed by atoms with van der Waals surface area (Å²) in [5, 5.41) is 8.03.